The van der Waals surface area contributed by atoms with Gasteiger partial charge in [0.2, 0.25) is 0 Å². The van der Waals surface area contributed by atoms with Crippen LogP contribution in [0.2, 0.25) is 0 Å². The Kier molecular flexibility index (Phi) is 14.7. The highest BCUT2D eigenvalue weighted by Gasteiger charge is 2.45. The highest BCUT2D eigenvalue weighted by molar-refractivity contribution is 6.05. The number of nitrogen functional groups attached to an aromatic ring is 1. The molecule has 3 fully saturated rings. The summed E-state index contributed by atoms with van der Waals surface area (Å²) in [6, 6.07) is 11.1. The number of carbonyl (C=O) groups is 3. The van der Waals surface area contributed by atoms with Crippen molar-refractivity contribution in [1.82, 2.24) is 24.3 Å². The molecule has 424 valence electrons. The summed E-state index contributed by atoms with van der Waals surface area (Å²) >= 11 is 0. The number of anilines is 4. The largest absolute Gasteiger partial charge is 0.461 e. The molecule has 5 unspecified atom stereocenters. The van der Waals surface area contributed by atoms with E-state index in [4.69, 9.17) is 31.4 Å². The van der Waals surface area contributed by atoms with Crippen LogP contribution in [0.25, 0.3) is 38.9 Å². The number of amides is 1. The van der Waals surface area contributed by atoms with Gasteiger partial charge in [-0.2, -0.15) is 9.97 Å². The van der Waals surface area contributed by atoms with E-state index in [0.717, 1.165) is 44.3 Å². The first-order chi connectivity index (χ1) is 39.4. The molecule has 1 amide bonds. The Bertz CT molecular complexity index is 3830. The fourth-order valence-electron chi connectivity index (χ4n) is 12.4. The molecule has 7 aliphatic rings. The quantitative estimate of drug-likeness (QED) is 0.0203. The number of halogens is 4. The number of rotatable bonds is 9. The molecule has 0 spiro atoms. The number of benzene rings is 4. The minimum atomic E-state index is -1.54. The lowest BCUT2D eigenvalue weighted by Gasteiger charge is -2.40. The summed E-state index contributed by atoms with van der Waals surface area (Å²) in [5, 5.41) is 16.6. The second-order valence-electron chi connectivity index (χ2n) is 21.3. The highest BCUT2D eigenvalue weighted by atomic mass is 19.1. The first-order valence-electron chi connectivity index (χ1n) is 27.2. The Morgan fingerprint density at radius 1 is 1.04 bits per heavy atom. The third-order valence-electron chi connectivity index (χ3n) is 16.7. The van der Waals surface area contributed by atoms with Crippen LogP contribution < -0.4 is 31.6 Å². The van der Waals surface area contributed by atoms with E-state index in [2.05, 4.69) is 62.0 Å². The number of ether oxygens (including phenoxy) is 3. The number of likely N-dealkylation sites (N-methyl/N-ethyl adjacent to an activating group) is 1. The van der Waals surface area contributed by atoms with Gasteiger partial charge in [-0.05, 0) is 123 Å². The van der Waals surface area contributed by atoms with Gasteiger partial charge < -0.3 is 39.8 Å². The number of hydrogen-bond donors (Lipinski definition) is 4. The van der Waals surface area contributed by atoms with E-state index in [9.17, 15) is 33.1 Å². The van der Waals surface area contributed by atoms with Crippen LogP contribution in [0.5, 0.6) is 6.01 Å². The monoisotopic (exact) mass is 1120 g/mol. The number of nitrogens with two attached hydrogens (primary N) is 1. The second kappa shape index (κ2) is 21.7. The van der Waals surface area contributed by atoms with Gasteiger partial charge in [-0.25, -0.2) is 27.2 Å². The number of aldehydes is 1. The molecule has 17 nitrogen and oxygen atoms in total. The van der Waals surface area contributed by atoms with Gasteiger partial charge in [0.25, 0.3) is 5.56 Å². The maximum Gasteiger partial charge on any atom is 0.412 e. The Hall–Kier alpha value is -8.58. The number of nitrogens with zero attached hydrogens (tertiary/aromatic N) is 6. The normalized spacial score (nSPS) is 21.0. The predicted octanol–water partition coefficient (Wildman–Crippen LogP) is 8.86. The molecule has 21 heteroatoms. The summed E-state index contributed by atoms with van der Waals surface area (Å²) in [5.74, 6) is -1.19. The number of aliphatic hydroxyl groups is 1. The smallest absolute Gasteiger partial charge is 0.412 e. The van der Waals surface area contributed by atoms with Gasteiger partial charge in [0, 0.05) is 70.7 Å². The molecule has 13 rings (SSSR count). The van der Waals surface area contributed by atoms with Crippen molar-refractivity contribution in [1.29, 1.82) is 0 Å². The maximum atomic E-state index is 16.9. The van der Waals surface area contributed by atoms with Gasteiger partial charge in [-0.1, -0.05) is 44.6 Å². The third kappa shape index (κ3) is 9.57. The predicted molar refractivity (Wildman–Crippen MR) is 302 cm³/mol. The number of pyridine rings is 1. The van der Waals surface area contributed by atoms with Crippen LogP contribution in [0.1, 0.15) is 86.5 Å². The van der Waals surface area contributed by atoms with Crippen molar-refractivity contribution in [3.05, 3.63) is 140 Å². The van der Waals surface area contributed by atoms with Gasteiger partial charge in [0.1, 0.15) is 54.4 Å². The topological polar surface area (TPSA) is 207 Å². The number of terminal acetylenes is 1. The Morgan fingerprint density at radius 2 is 1.77 bits per heavy atom. The molecule has 3 saturated heterocycles. The average molecular weight is 1120 g/mol. The molecule has 0 radical (unpaired) electrons. The van der Waals surface area contributed by atoms with Gasteiger partial charge in [-0.3, -0.25) is 24.7 Å². The van der Waals surface area contributed by atoms with Gasteiger partial charge in [0.15, 0.2) is 11.9 Å². The summed E-state index contributed by atoms with van der Waals surface area (Å²) in [6.45, 7) is 12.6. The number of carbonyl (C=O) groups excluding carboxylic acids is 3. The number of aromatic nitrogens is 3. The molecule has 5 atom stereocenters. The van der Waals surface area contributed by atoms with Crippen molar-refractivity contribution in [3.63, 3.8) is 0 Å². The lowest BCUT2D eigenvalue weighted by molar-refractivity contribution is -0.157. The third-order valence-corrected chi connectivity index (χ3v) is 16.7. The zero-order chi connectivity index (χ0) is 58.1. The first kappa shape index (κ1) is 55.3. The molecule has 4 aromatic carbocycles. The first-order valence-corrected chi connectivity index (χ1v) is 27.2. The molecular formula is C61H59F4N9O8. The van der Waals surface area contributed by atoms with Crippen molar-refractivity contribution < 1.29 is 51.3 Å². The van der Waals surface area contributed by atoms with E-state index in [1.54, 1.807) is 18.2 Å². The average Bonchev–Trinajstić information content (AvgIpc) is 3.33. The number of esters is 1. The van der Waals surface area contributed by atoms with Crippen molar-refractivity contribution >= 4 is 69.0 Å². The van der Waals surface area contributed by atoms with Crippen LogP contribution in [-0.2, 0) is 32.2 Å². The number of cyclic esters (lactones) is 1. The molecule has 9 heterocycles. The Balaban J connectivity index is 0.000000172. The fourth-order valence-corrected chi connectivity index (χ4v) is 12.4. The van der Waals surface area contributed by atoms with E-state index in [1.807, 2.05) is 13.8 Å². The lowest BCUT2D eigenvalue weighted by atomic mass is 9.92. The fraction of sp³-hybridized carbons (Fsp3) is 0.344. The van der Waals surface area contributed by atoms with E-state index in [0.29, 0.717) is 54.1 Å². The number of piperazine rings is 1. The van der Waals surface area contributed by atoms with Crippen LogP contribution >= 0.6 is 0 Å². The number of fused-ring (bicyclic) bond motifs is 10. The zero-order valence-electron chi connectivity index (χ0n) is 45.5. The zero-order valence-corrected chi connectivity index (χ0v) is 45.5. The standard InChI is InChI=1S/C35H33F3N6O.C24H20FN3O7.C2H6/c1-3-24-27(36)9-6-20-14-21(39)15-25(29(20)24)30-28(37)16-26-32(31(30)38)40-34(45-19-35-10-4-12-44(35)13-5-11-35)41-33(26)43-17-22-7-8-23(18-43)42(22)2;1-10(8-29)11(2)35-24(33)27-18-4-12-3-13-7-28-19(20(13)26-17(12)6-16(18)25)5-14-15(22(28)31)9-34-23(32)21(14)30;1-2/h1,6-9,14-16,22-23H,4-5,10-13,17-19,39H2,2H3;3-6,8,11,20-21,26,30H,1,7,9H2,2H3,(H,27,33);1-2H3. The van der Waals surface area contributed by atoms with Crippen molar-refractivity contribution in [2.24, 2.45) is 0 Å². The summed E-state index contributed by atoms with van der Waals surface area (Å²) < 4.78 is 80.6. The molecule has 2 aromatic heterocycles. The minimum absolute atomic E-state index is 0.0501. The van der Waals surface area contributed by atoms with E-state index in [1.165, 1.54) is 47.9 Å². The minimum Gasteiger partial charge on any atom is -0.461 e. The van der Waals surface area contributed by atoms with Crippen LogP contribution in [0, 0.1) is 35.6 Å². The Labute approximate surface area is 469 Å². The highest BCUT2D eigenvalue weighted by Crippen LogP contribution is 2.45. The van der Waals surface area contributed by atoms with Crippen LogP contribution in [0.3, 0.4) is 0 Å². The van der Waals surface area contributed by atoms with Crippen molar-refractivity contribution in [2.45, 2.75) is 95.5 Å². The molecule has 7 aliphatic heterocycles. The van der Waals surface area contributed by atoms with Crippen molar-refractivity contribution in [3.8, 4) is 29.5 Å². The maximum absolute atomic E-state index is 16.9. The van der Waals surface area contributed by atoms with E-state index in [-0.39, 0.29) is 103 Å². The second-order valence-corrected chi connectivity index (χ2v) is 21.3. The number of nitrogens with one attached hydrogen (secondary N) is 2. The molecule has 0 aliphatic carbocycles. The number of hydrogen-bond acceptors (Lipinski definition) is 15. The molecule has 6 aromatic rings. The van der Waals surface area contributed by atoms with E-state index < -0.39 is 53.6 Å². The van der Waals surface area contributed by atoms with Crippen molar-refractivity contribution in [2.75, 3.05) is 61.1 Å². The SMILES string of the molecule is C#Cc1c(F)ccc2cc(N)cc(-c3c(F)cc4c(N5CC6C=CC(C5)N6C)nc(OCC56CCCN5CCC6)nc4c3F)c12.C=C(C=O)C(C)OC(=O)Nc1cc2c(cc1F)NC1C(=C2)Cn2c1cc1c(c2=O)COC(=O)C1O.CC. The Morgan fingerprint density at radius 3 is 2.48 bits per heavy atom. The van der Waals surface area contributed by atoms with Crippen LogP contribution in [0.4, 0.5) is 45.2 Å². The molecule has 5 N–H and O–H groups in total. The summed E-state index contributed by atoms with van der Waals surface area (Å²) in [4.78, 5) is 63.8. The molecule has 2 bridgehead atoms. The summed E-state index contributed by atoms with van der Waals surface area (Å²) in [5.41, 5.74) is 8.21. The number of aliphatic hydroxyl groups excluding tert-OH is 1. The van der Waals surface area contributed by atoms with Crippen LogP contribution in [0.15, 0.2) is 83.2 Å². The van der Waals surface area contributed by atoms with Gasteiger partial charge in [0.05, 0.1) is 34.0 Å². The van der Waals surface area contributed by atoms with Gasteiger partial charge in [-0.15, -0.1) is 6.42 Å². The summed E-state index contributed by atoms with van der Waals surface area (Å²) in [6.07, 6.45) is 13.2. The van der Waals surface area contributed by atoms with Crippen LogP contribution in [-0.4, -0.2) is 111 Å². The van der Waals surface area contributed by atoms with E-state index >= 15 is 8.78 Å². The summed E-state index contributed by atoms with van der Waals surface area (Å²) in [7, 11) is 2.07. The molecule has 82 heavy (non-hydrogen) atoms. The molecular weight excluding hydrogens is 1060 g/mol. The molecule has 0 saturated carbocycles. The van der Waals surface area contributed by atoms with Gasteiger partial charge >= 0.3 is 18.1 Å². The lowest BCUT2D eigenvalue weighted by Crippen LogP contribution is -2.53.